The third-order valence-corrected chi connectivity index (χ3v) is 4.12. The lowest BCUT2D eigenvalue weighted by atomic mass is 9.88. The van der Waals surface area contributed by atoms with E-state index in [0.29, 0.717) is 0 Å². The lowest BCUT2D eigenvalue weighted by Gasteiger charge is -2.42. The summed E-state index contributed by atoms with van der Waals surface area (Å²) < 4.78 is 0. The first-order valence-corrected chi connectivity index (χ1v) is 7.42. The van der Waals surface area contributed by atoms with Crippen LogP contribution in [0, 0.1) is 0 Å². The van der Waals surface area contributed by atoms with Crippen molar-refractivity contribution in [1.82, 2.24) is 4.90 Å². The number of anilines is 1. The Morgan fingerprint density at radius 3 is 2.68 bits per heavy atom. The largest absolute Gasteiger partial charge is 0.394 e. The Morgan fingerprint density at radius 2 is 2.11 bits per heavy atom. The van der Waals surface area contributed by atoms with Crippen LogP contribution in [0.15, 0.2) is 24.3 Å². The zero-order valence-electron chi connectivity index (χ0n) is 11.5. The van der Waals surface area contributed by atoms with Crippen molar-refractivity contribution in [1.29, 1.82) is 0 Å². The summed E-state index contributed by atoms with van der Waals surface area (Å²) in [5.74, 6) is 0. The fraction of sp³-hybridized carbons (Fsp3) is 0.600. The molecular formula is C15H23ClN2O. The number of piperidine rings is 1. The van der Waals surface area contributed by atoms with Gasteiger partial charge in [-0.1, -0.05) is 24.6 Å². The van der Waals surface area contributed by atoms with Gasteiger partial charge in [0.05, 0.1) is 12.1 Å². The van der Waals surface area contributed by atoms with Gasteiger partial charge in [0.15, 0.2) is 0 Å². The molecule has 1 aromatic rings. The first-order chi connectivity index (χ1) is 9.17. The van der Waals surface area contributed by atoms with E-state index in [-0.39, 0.29) is 12.1 Å². The van der Waals surface area contributed by atoms with Crippen LogP contribution in [0.5, 0.6) is 0 Å². The number of hydrogen-bond donors (Lipinski definition) is 2. The van der Waals surface area contributed by atoms with E-state index in [9.17, 15) is 5.11 Å². The molecule has 4 heteroatoms. The van der Waals surface area contributed by atoms with Crippen LogP contribution < -0.4 is 5.32 Å². The molecule has 2 N–H and O–H groups in total. The molecule has 19 heavy (non-hydrogen) atoms. The molecule has 1 aliphatic heterocycles. The van der Waals surface area contributed by atoms with Crippen molar-refractivity contribution in [3.8, 4) is 0 Å². The fourth-order valence-corrected chi connectivity index (χ4v) is 2.91. The topological polar surface area (TPSA) is 35.5 Å². The summed E-state index contributed by atoms with van der Waals surface area (Å²) in [4.78, 5) is 2.47. The van der Waals surface area contributed by atoms with Crippen LogP contribution >= 0.6 is 11.6 Å². The third-order valence-electron chi connectivity index (χ3n) is 3.89. The number of benzene rings is 1. The zero-order chi connectivity index (χ0) is 13.7. The highest BCUT2D eigenvalue weighted by Gasteiger charge is 2.33. The maximum absolute atomic E-state index is 9.77. The lowest BCUT2D eigenvalue weighted by Crippen LogP contribution is -2.51. The van der Waals surface area contributed by atoms with Gasteiger partial charge in [-0.3, -0.25) is 0 Å². The minimum Gasteiger partial charge on any atom is -0.394 e. The first kappa shape index (κ1) is 14.6. The van der Waals surface area contributed by atoms with Gasteiger partial charge in [-0.15, -0.1) is 0 Å². The van der Waals surface area contributed by atoms with Crippen LogP contribution in [-0.4, -0.2) is 41.8 Å². The first-order valence-electron chi connectivity index (χ1n) is 7.04. The van der Waals surface area contributed by atoms with Crippen LogP contribution in [-0.2, 0) is 0 Å². The van der Waals surface area contributed by atoms with Gasteiger partial charge in [0.1, 0.15) is 0 Å². The van der Waals surface area contributed by atoms with E-state index >= 15 is 0 Å². The minimum absolute atomic E-state index is 0.166. The van der Waals surface area contributed by atoms with Gasteiger partial charge in [0.25, 0.3) is 0 Å². The summed E-state index contributed by atoms with van der Waals surface area (Å²) in [5.41, 5.74) is 0.792. The summed E-state index contributed by atoms with van der Waals surface area (Å²) >= 11 is 6.00. The number of aliphatic hydroxyl groups excluding tert-OH is 1. The molecule has 0 aromatic heterocycles. The van der Waals surface area contributed by atoms with Crippen LogP contribution in [0.25, 0.3) is 0 Å². The second-order valence-corrected chi connectivity index (χ2v) is 5.85. The zero-order valence-corrected chi connectivity index (χ0v) is 12.3. The van der Waals surface area contributed by atoms with Crippen molar-refractivity contribution in [2.75, 3.05) is 31.6 Å². The number of halogens is 1. The van der Waals surface area contributed by atoms with Crippen molar-refractivity contribution < 1.29 is 5.11 Å². The van der Waals surface area contributed by atoms with Crippen molar-refractivity contribution in [3.63, 3.8) is 0 Å². The maximum atomic E-state index is 9.77. The van der Waals surface area contributed by atoms with Gasteiger partial charge in [0.2, 0.25) is 0 Å². The van der Waals surface area contributed by atoms with Gasteiger partial charge in [0, 0.05) is 23.8 Å². The van der Waals surface area contributed by atoms with Gasteiger partial charge >= 0.3 is 0 Å². The molecule has 0 spiro atoms. The molecule has 0 unspecified atom stereocenters. The molecule has 0 bridgehead atoms. The maximum Gasteiger partial charge on any atom is 0.0662 e. The van der Waals surface area contributed by atoms with E-state index in [4.69, 9.17) is 11.6 Å². The molecular weight excluding hydrogens is 260 g/mol. The van der Waals surface area contributed by atoms with E-state index in [1.165, 1.54) is 6.42 Å². The van der Waals surface area contributed by atoms with Crippen molar-refractivity contribution in [3.05, 3.63) is 29.3 Å². The van der Waals surface area contributed by atoms with Crippen molar-refractivity contribution in [2.45, 2.75) is 31.7 Å². The van der Waals surface area contributed by atoms with Crippen molar-refractivity contribution >= 4 is 17.3 Å². The highest BCUT2D eigenvalue weighted by molar-refractivity contribution is 6.30. The fourth-order valence-electron chi connectivity index (χ4n) is 2.72. The number of nitrogens with zero attached hydrogens (tertiary/aromatic N) is 1. The molecule has 0 amide bonds. The Labute approximate surface area is 120 Å². The van der Waals surface area contributed by atoms with Crippen LogP contribution in [0.2, 0.25) is 5.02 Å². The predicted octanol–water partition coefficient (Wildman–Crippen LogP) is 2.99. The molecule has 1 saturated heterocycles. The average molecular weight is 283 g/mol. The number of nitrogens with one attached hydrogen (secondary N) is 1. The average Bonchev–Trinajstić information content (AvgIpc) is 2.42. The molecule has 2 rings (SSSR count). The molecule has 3 nitrogen and oxygen atoms in total. The van der Waals surface area contributed by atoms with E-state index in [1.54, 1.807) is 0 Å². The van der Waals surface area contributed by atoms with Crippen molar-refractivity contribution in [2.24, 2.45) is 0 Å². The summed E-state index contributed by atoms with van der Waals surface area (Å²) in [6.45, 7) is 5.61. The molecule has 0 radical (unpaired) electrons. The number of likely N-dealkylation sites (tertiary alicyclic amines) is 1. The van der Waals surface area contributed by atoms with Crippen LogP contribution in [0.4, 0.5) is 5.69 Å². The quantitative estimate of drug-likeness (QED) is 0.871. The van der Waals surface area contributed by atoms with E-state index in [1.807, 2.05) is 24.3 Å². The molecule has 1 heterocycles. The molecule has 0 atom stereocenters. The lowest BCUT2D eigenvalue weighted by molar-refractivity contribution is 0.119. The summed E-state index contributed by atoms with van der Waals surface area (Å²) in [6.07, 6.45) is 3.12. The molecule has 0 saturated carbocycles. The monoisotopic (exact) mass is 282 g/mol. The highest BCUT2D eigenvalue weighted by atomic mass is 35.5. The number of hydrogen-bond acceptors (Lipinski definition) is 3. The standard InChI is InChI=1S/C15H23ClN2O/c1-2-8-18-9-6-15(12-19,7-10-18)17-14-5-3-4-13(16)11-14/h3-5,11,17,19H,2,6-10,12H2,1H3. The number of rotatable bonds is 5. The molecule has 0 aliphatic carbocycles. The minimum atomic E-state index is -0.199. The highest BCUT2D eigenvalue weighted by Crippen LogP contribution is 2.28. The third kappa shape index (κ3) is 3.85. The summed E-state index contributed by atoms with van der Waals surface area (Å²) in [6, 6.07) is 7.71. The summed E-state index contributed by atoms with van der Waals surface area (Å²) in [5, 5.41) is 14.0. The Morgan fingerprint density at radius 1 is 1.37 bits per heavy atom. The van der Waals surface area contributed by atoms with Gasteiger partial charge in [-0.05, 0) is 44.0 Å². The SMILES string of the molecule is CCCN1CCC(CO)(Nc2cccc(Cl)c2)CC1. The van der Waals surface area contributed by atoms with E-state index < -0.39 is 0 Å². The van der Waals surface area contributed by atoms with Gasteiger partial charge in [-0.2, -0.15) is 0 Å². The smallest absolute Gasteiger partial charge is 0.0662 e. The normalized spacial score (nSPS) is 19.3. The predicted molar refractivity (Wildman–Crippen MR) is 80.9 cm³/mol. The summed E-state index contributed by atoms with van der Waals surface area (Å²) in [7, 11) is 0. The Balaban J connectivity index is 2.00. The number of aliphatic hydroxyl groups is 1. The Hall–Kier alpha value is -0.770. The second kappa shape index (κ2) is 6.60. The Kier molecular flexibility index (Phi) is 5.08. The van der Waals surface area contributed by atoms with E-state index in [0.717, 1.165) is 43.2 Å². The molecule has 106 valence electrons. The van der Waals surface area contributed by atoms with Gasteiger partial charge < -0.3 is 15.3 Å². The van der Waals surface area contributed by atoms with Crippen LogP contribution in [0.1, 0.15) is 26.2 Å². The van der Waals surface area contributed by atoms with Gasteiger partial charge in [-0.25, -0.2) is 0 Å². The van der Waals surface area contributed by atoms with E-state index in [2.05, 4.69) is 17.1 Å². The molecule has 1 aliphatic rings. The molecule has 1 fully saturated rings. The van der Waals surface area contributed by atoms with Crippen LogP contribution in [0.3, 0.4) is 0 Å². The second-order valence-electron chi connectivity index (χ2n) is 5.42. The Bertz CT molecular complexity index is 403. The molecule has 1 aromatic carbocycles.